The molecule has 3 atom stereocenters. The Kier molecular flexibility index (Phi) is 4.96. The molecule has 4 rings (SSSR count). The molecular weight excluding hydrogens is 400 g/mol. The predicted molar refractivity (Wildman–Crippen MR) is 116 cm³/mol. The van der Waals surface area contributed by atoms with Gasteiger partial charge in [0.25, 0.3) is 0 Å². The van der Waals surface area contributed by atoms with Crippen molar-refractivity contribution < 1.29 is 24.0 Å². The molecular formula is C24H28O5S. The molecule has 2 aromatic carbocycles. The minimum atomic E-state index is -0.828. The Balaban J connectivity index is 1.78. The van der Waals surface area contributed by atoms with Crippen LogP contribution in [-0.4, -0.2) is 24.1 Å². The number of fused-ring (bicyclic) bond motifs is 1. The number of thioether (sulfide) groups is 1. The molecule has 0 spiro atoms. The molecule has 30 heavy (non-hydrogen) atoms. The summed E-state index contributed by atoms with van der Waals surface area (Å²) in [5.41, 5.74) is -0.598. The van der Waals surface area contributed by atoms with Crippen molar-refractivity contribution in [2.75, 3.05) is 7.11 Å². The number of carbonyl (C=O) groups is 1. The standard InChI is InChI=1S/C24H28O5S/c1-21(2,3)24-22(4,5)20(27-19(25)16-11-8-7-9-12-16)30-23(24,28-29-24)17-13-10-14-18(15-17)26-6/h7-15,20H,1-6H3. The lowest BCUT2D eigenvalue weighted by Crippen LogP contribution is -2.72. The van der Waals surface area contributed by atoms with E-state index in [0.29, 0.717) is 5.56 Å². The second-order valence-electron chi connectivity index (χ2n) is 9.39. The average molecular weight is 429 g/mol. The van der Waals surface area contributed by atoms with Crippen LogP contribution in [0.25, 0.3) is 0 Å². The highest BCUT2D eigenvalue weighted by Crippen LogP contribution is 2.77. The highest BCUT2D eigenvalue weighted by Gasteiger charge is 2.84. The molecule has 0 amide bonds. The Hall–Kier alpha value is -2.02. The molecule has 2 aromatic rings. The van der Waals surface area contributed by atoms with E-state index in [-0.39, 0.29) is 11.4 Å². The van der Waals surface area contributed by atoms with Crippen molar-refractivity contribution in [2.45, 2.75) is 50.6 Å². The quantitative estimate of drug-likeness (QED) is 0.470. The van der Waals surface area contributed by atoms with Gasteiger partial charge in [0, 0.05) is 11.0 Å². The maximum atomic E-state index is 12.9. The molecule has 0 radical (unpaired) electrons. The van der Waals surface area contributed by atoms with Crippen molar-refractivity contribution in [1.82, 2.24) is 0 Å². The molecule has 2 aliphatic heterocycles. The molecule has 2 heterocycles. The Labute approximate surface area is 182 Å². The fourth-order valence-electron chi connectivity index (χ4n) is 4.94. The van der Waals surface area contributed by atoms with E-state index in [1.54, 1.807) is 19.2 Å². The van der Waals surface area contributed by atoms with Gasteiger partial charge in [-0.1, -0.05) is 76.7 Å². The smallest absolute Gasteiger partial charge is 0.339 e. The molecule has 0 aliphatic carbocycles. The van der Waals surface area contributed by atoms with Crippen LogP contribution in [0.15, 0.2) is 54.6 Å². The van der Waals surface area contributed by atoms with E-state index in [9.17, 15) is 4.79 Å². The van der Waals surface area contributed by atoms with Gasteiger partial charge >= 0.3 is 5.97 Å². The van der Waals surface area contributed by atoms with E-state index >= 15 is 0 Å². The third-order valence-electron chi connectivity index (χ3n) is 6.25. The summed E-state index contributed by atoms with van der Waals surface area (Å²) in [7, 11) is 1.64. The van der Waals surface area contributed by atoms with E-state index in [0.717, 1.165) is 11.3 Å². The van der Waals surface area contributed by atoms with E-state index in [1.807, 2.05) is 42.5 Å². The van der Waals surface area contributed by atoms with Crippen molar-refractivity contribution in [1.29, 1.82) is 0 Å². The molecule has 2 aliphatic rings. The summed E-state index contributed by atoms with van der Waals surface area (Å²) < 4.78 is 11.5. The van der Waals surface area contributed by atoms with Crippen molar-refractivity contribution >= 4 is 17.7 Å². The largest absolute Gasteiger partial charge is 0.497 e. The normalized spacial score (nSPS) is 29.6. The average Bonchev–Trinajstić information content (AvgIpc) is 2.82. The highest BCUT2D eigenvalue weighted by molar-refractivity contribution is 8.01. The topological polar surface area (TPSA) is 54.0 Å². The molecule has 2 fully saturated rings. The fraction of sp³-hybridized carbons (Fsp3) is 0.458. The van der Waals surface area contributed by atoms with Crippen LogP contribution in [0.3, 0.4) is 0 Å². The van der Waals surface area contributed by atoms with Crippen LogP contribution in [0.1, 0.15) is 50.5 Å². The van der Waals surface area contributed by atoms with Crippen molar-refractivity contribution in [3.63, 3.8) is 0 Å². The lowest BCUT2D eigenvalue weighted by molar-refractivity contribution is -0.568. The lowest BCUT2D eigenvalue weighted by Gasteiger charge is -2.62. The summed E-state index contributed by atoms with van der Waals surface area (Å²) in [6.45, 7) is 10.6. The van der Waals surface area contributed by atoms with Crippen LogP contribution in [0.2, 0.25) is 0 Å². The summed E-state index contributed by atoms with van der Waals surface area (Å²) >= 11 is 1.49. The molecule has 160 valence electrons. The third kappa shape index (κ3) is 2.74. The number of hydrogen-bond donors (Lipinski definition) is 0. The number of methoxy groups -OCH3 is 1. The molecule has 3 unspecified atom stereocenters. The third-order valence-corrected chi connectivity index (χ3v) is 8.07. The van der Waals surface area contributed by atoms with Gasteiger partial charge in [0.05, 0.1) is 12.7 Å². The minimum Gasteiger partial charge on any atom is -0.497 e. The zero-order valence-corrected chi connectivity index (χ0v) is 19.0. The van der Waals surface area contributed by atoms with Crippen LogP contribution < -0.4 is 4.74 Å². The zero-order valence-electron chi connectivity index (χ0n) is 18.2. The highest BCUT2D eigenvalue weighted by atomic mass is 32.2. The minimum absolute atomic E-state index is 0.307. The van der Waals surface area contributed by atoms with Gasteiger partial charge in [-0.15, -0.1) is 0 Å². The first-order valence-corrected chi connectivity index (χ1v) is 10.9. The van der Waals surface area contributed by atoms with Gasteiger partial charge in [0.2, 0.25) is 4.93 Å². The van der Waals surface area contributed by atoms with Crippen molar-refractivity contribution in [2.24, 2.45) is 10.8 Å². The number of ether oxygens (including phenoxy) is 2. The molecule has 6 heteroatoms. The maximum Gasteiger partial charge on any atom is 0.339 e. The number of benzene rings is 2. The molecule has 2 saturated heterocycles. The van der Waals surface area contributed by atoms with Crippen LogP contribution in [0.5, 0.6) is 5.75 Å². The summed E-state index contributed by atoms with van der Waals surface area (Å²) in [6.07, 6.45) is 0. The van der Waals surface area contributed by atoms with Crippen LogP contribution in [-0.2, 0) is 19.4 Å². The second-order valence-corrected chi connectivity index (χ2v) is 10.6. The number of esters is 1. The van der Waals surface area contributed by atoms with E-state index in [2.05, 4.69) is 34.6 Å². The van der Waals surface area contributed by atoms with E-state index in [4.69, 9.17) is 19.2 Å². The van der Waals surface area contributed by atoms with Gasteiger partial charge in [-0.2, -0.15) is 0 Å². The Morgan fingerprint density at radius 2 is 1.73 bits per heavy atom. The number of rotatable bonds is 4. The van der Waals surface area contributed by atoms with Gasteiger partial charge < -0.3 is 9.47 Å². The van der Waals surface area contributed by atoms with Crippen LogP contribution in [0, 0.1) is 10.8 Å². The van der Waals surface area contributed by atoms with Gasteiger partial charge in [-0.3, -0.25) is 0 Å². The van der Waals surface area contributed by atoms with Crippen molar-refractivity contribution in [3.05, 3.63) is 65.7 Å². The Morgan fingerprint density at radius 1 is 1.03 bits per heavy atom. The Morgan fingerprint density at radius 3 is 2.30 bits per heavy atom. The second kappa shape index (κ2) is 7.01. The van der Waals surface area contributed by atoms with Crippen LogP contribution in [0.4, 0.5) is 0 Å². The number of hydrogen-bond acceptors (Lipinski definition) is 6. The van der Waals surface area contributed by atoms with Gasteiger partial charge in [0.1, 0.15) is 5.75 Å². The predicted octanol–water partition coefficient (Wildman–Crippen LogP) is 5.55. The van der Waals surface area contributed by atoms with Crippen molar-refractivity contribution in [3.8, 4) is 5.75 Å². The number of carbonyl (C=O) groups excluding carboxylic acids is 1. The molecule has 5 nitrogen and oxygen atoms in total. The molecule has 0 bridgehead atoms. The fourth-order valence-corrected chi connectivity index (χ4v) is 6.95. The monoisotopic (exact) mass is 428 g/mol. The zero-order chi connectivity index (χ0) is 21.8. The Bertz CT molecular complexity index is 952. The summed E-state index contributed by atoms with van der Waals surface area (Å²) in [5.74, 6) is 0.385. The van der Waals surface area contributed by atoms with E-state index < -0.39 is 21.4 Å². The van der Waals surface area contributed by atoms with Gasteiger partial charge in [-0.25, -0.2) is 14.6 Å². The molecule has 0 N–H and O–H groups in total. The molecule has 0 saturated carbocycles. The summed E-state index contributed by atoms with van der Waals surface area (Å²) in [5, 5.41) is 0. The first-order chi connectivity index (χ1) is 14.1. The summed E-state index contributed by atoms with van der Waals surface area (Å²) in [4.78, 5) is 24.0. The SMILES string of the molecule is COc1cccc(C23OOC2(C(C)(C)C)C(C)(C)C(OC(=O)c2ccccc2)S3)c1. The van der Waals surface area contributed by atoms with E-state index in [1.165, 1.54) is 11.8 Å². The first kappa shape index (κ1) is 21.2. The molecule has 0 aromatic heterocycles. The maximum absolute atomic E-state index is 12.9. The summed E-state index contributed by atoms with van der Waals surface area (Å²) in [6, 6.07) is 16.9. The van der Waals surface area contributed by atoms with Crippen LogP contribution >= 0.6 is 11.8 Å². The van der Waals surface area contributed by atoms with Gasteiger partial charge in [0.15, 0.2) is 11.0 Å². The lowest BCUT2D eigenvalue weighted by atomic mass is 9.57. The first-order valence-electron chi connectivity index (χ1n) is 10.0. The van der Waals surface area contributed by atoms with Gasteiger partial charge in [-0.05, 0) is 29.7 Å².